The zero-order valence-corrected chi connectivity index (χ0v) is 73.9. The summed E-state index contributed by atoms with van der Waals surface area (Å²) >= 11 is 0. The fourth-order valence-electron chi connectivity index (χ4n) is 13.3. The van der Waals surface area contributed by atoms with Gasteiger partial charge in [0.05, 0.1) is 124 Å². The predicted molar refractivity (Wildman–Crippen MR) is 464 cm³/mol. The SMILES string of the molecule is CC(C)[C@H](NC(=O)CCOCCOCCOCCOCCOCCOCCOCCOCCNC(=O)CCC(=O)N1Cc2ccccc2C#Cc2ccccc21)C(=O)N[C@@H](C)C(=O)Nc1ccc(COC(=O)N(C)Cc2ccccc2C(=O)Nc2nc3c(ncn3C3O[C@@H]4CO[P+](=O)O[C@H]5C[C@H](Oc6ccncn6)C[C@@H]5CO[P+](=O)O[C@@H]3[C@H]4O)c(=O)[nH]2)cc1.S.S. The minimum absolute atomic E-state index is 0. The largest absolute Gasteiger partial charge is 0.697 e. The molecule has 4 aromatic carbocycles. The fourth-order valence-corrected chi connectivity index (χ4v) is 14.9. The van der Waals surface area contributed by atoms with Crippen LogP contribution < -0.4 is 41.8 Å². The van der Waals surface area contributed by atoms with Crippen LogP contribution in [-0.4, -0.2) is 256 Å². The van der Waals surface area contributed by atoms with Crippen molar-refractivity contribution in [3.05, 3.63) is 166 Å². The standard InChI is InChI=1S/C83H101N13O26P2.2H2S/c1-54(2)72(90-69(98)26-29-108-31-33-110-35-37-112-39-41-114-43-44-115-42-40-113-38-36-111-34-32-109-30-28-85-68(97)23-24-71(99)95-48-59-13-6-5-11-57(59)19-20-58-12-8-10-16-65(58)95)79(103)88-55(3)77(101)89-62-21-17-56(18-22-62)49-116-83(105)94(4)47-60-14-7-9-15-64(60)78(102)92-82-91-76-73(80(104)93-82)87-53-96(76)81-75-74(100)67(120-81)51-118-123(106)121-66-46-63(119-70-25-27-84-52-86-70)45-61(66)50-117-124(107)122-75;;/h5-18,21-22,25,27,52-55,61,63,66-67,72,74-75,81,100H,23-24,26,28-51H2,1-4H3,(H4-2,85,88,89,90,91,92,93,97,98,101,102,103,104);2*1H2/p+2/t55-,61+,63+,66-,67+,72-,74-,75+,81?;;/m0../s1. The van der Waals surface area contributed by atoms with Gasteiger partial charge in [0.15, 0.2) is 23.5 Å². The number of rotatable bonds is 45. The highest BCUT2D eigenvalue weighted by Gasteiger charge is 2.54. The molecule has 7 amide bonds. The van der Waals surface area contributed by atoms with E-state index in [4.69, 9.17) is 70.2 Å². The molecule has 3 fully saturated rings. The summed E-state index contributed by atoms with van der Waals surface area (Å²) < 4.78 is 113. The number of aliphatic hydroxyl groups is 1. The van der Waals surface area contributed by atoms with Crippen LogP contribution in [0.1, 0.15) is 97.3 Å². The zero-order chi connectivity index (χ0) is 87.5. The van der Waals surface area contributed by atoms with Gasteiger partial charge in [0.1, 0.15) is 62.6 Å². The van der Waals surface area contributed by atoms with E-state index in [0.29, 0.717) is 128 Å². The van der Waals surface area contributed by atoms with Crippen LogP contribution in [0.3, 0.4) is 0 Å². The fraction of sp³-hybridized carbons (Fsp3) is 0.494. The molecule has 1 aliphatic carbocycles. The highest BCUT2D eigenvalue weighted by atomic mass is 32.1. The predicted octanol–water partition coefficient (Wildman–Crippen LogP) is 6.35. The molecule has 2 saturated heterocycles. The quantitative estimate of drug-likeness (QED) is 0.0124. The Balaban J connectivity index is 0.00000898. The molecule has 11 rings (SSSR count). The van der Waals surface area contributed by atoms with E-state index in [2.05, 4.69) is 63.3 Å². The van der Waals surface area contributed by atoms with Gasteiger partial charge in [0.2, 0.25) is 41.4 Å². The second-order valence-corrected chi connectivity index (χ2v) is 31.0. The molecule has 11 atom stereocenters. The number of fused-ring (bicyclic) bond motifs is 6. The third-order valence-corrected chi connectivity index (χ3v) is 21.4. The summed E-state index contributed by atoms with van der Waals surface area (Å²) in [5, 5.41) is 25.0. The average molecular weight is 1830 g/mol. The molecule has 43 heteroatoms. The number of amides is 7. The number of anilines is 3. The van der Waals surface area contributed by atoms with Gasteiger partial charge in [-0.15, -0.1) is 18.1 Å². The van der Waals surface area contributed by atoms with Crippen molar-refractivity contribution in [3.63, 3.8) is 0 Å². The lowest BCUT2D eigenvalue weighted by atomic mass is 10.0. The van der Waals surface area contributed by atoms with Crippen LogP contribution in [0, 0.1) is 23.7 Å². The van der Waals surface area contributed by atoms with Crippen LogP contribution in [0.15, 0.2) is 127 Å². The summed E-state index contributed by atoms with van der Waals surface area (Å²) in [6, 6.07) is 27.7. The van der Waals surface area contributed by atoms with E-state index in [-0.39, 0.29) is 133 Å². The van der Waals surface area contributed by atoms with Gasteiger partial charge in [-0.25, -0.2) is 19.7 Å². The molecule has 2 bridgehead atoms. The molecule has 126 heavy (non-hydrogen) atoms. The maximum absolute atomic E-state index is 14.0. The van der Waals surface area contributed by atoms with Crippen molar-refractivity contribution in [2.24, 2.45) is 11.8 Å². The van der Waals surface area contributed by atoms with Crippen LogP contribution in [0.4, 0.5) is 22.1 Å². The molecule has 3 aliphatic heterocycles. The van der Waals surface area contributed by atoms with Gasteiger partial charge < -0.3 is 88.3 Å². The minimum Gasteiger partial charge on any atom is -0.474 e. The van der Waals surface area contributed by atoms with Crippen molar-refractivity contribution in [1.82, 2.24) is 50.3 Å². The van der Waals surface area contributed by atoms with Crippen LogP contribution >= 0.6 is 43.5 Å². The molecule has 7 N–H and O–H groups in total. The summed E-state index contributed by atoms with van der Waals surface area (Å²) in [5.74, 6) is 2.96. The average Bonchev–Trinajstić information content (AvgIpc) is 1.60. The number of ether oxygens (including phenoxy) is 11. The Kier molecular flexibility index (Phi) is 41.5. The van der Waals surface area contributed by atoms with Gasteiger partial charge in [-0.05, 0) is 72.4 Å². The second-order valence-electron chi connectivity index (χ2n) is 29.2. The third-order valence-electron chi connectivity index (χ3n) is 19.8. The van der Waals surface area contributed by atoms with E-state index < -0.39 is 113 Å². The number of hydrogen-bond acceptors (Lipinski definition) is 30. The smallest absolute Gasteiger partial charge is 0.474 e. The molecule has 39 nitrogen and oxygen atoms in total. The second kappa shape index (κ2) is 52.4. The van der Waals surface area contributed by atoms with Gasteiger partial charge in [-0.3, -0.25) is 48.4 Å². The monoisotopic (exact) mass is 1830 g/mol. The van der Waals surface area contributed by atoms with Crippen LogP contribution in [-0.2, 0) is 118 Å². The highest BCUT2D eigenvalue weighted by Crippen LogP contribution is 2.45. The number of nitrogens with zero attached hydrogens (tertiary/aromatic N) is 7. The number of aliphatic hydroxyl groups excluding tert-OH is 1. The number of imidazole rings is 1. The Bertz CT molecular complexity index is 4860. The summed E-state index contributed by atoms with van der Waals surface area (Å²) in [6.07, 6.45) is -2.76. The number of nitrogens with one attached hydrogen (secondary N) is 6. The van der Waals surface area contributed by atoms with Crippen molar-refractivity contribution in [2.75, 3.05) is 148 Å². The molecule has 1 saturated carbocycles. The zero-order valence-electron chi connectivity index (χ0n) is 70.1. The van der Waals surface area contributed by atoms with Crippen molar-refractivity contribution in [3.8, 4) is 17.7 Å². The van der Waals surface area contributed by atoms with E-state index in [0.717, 1.165) is 22.4 Å². The minimum atomic E-state index is -2.95. The Labute approximate surface area is 742 Å². The topological polar surface area (TPSA) is 468 Å². The maximum atomic E-state index is 14.0. The first-order chi connectivity index (χ1) is 60.2. The molecule has 680 valence electrons. The first kappa shape index (κ1) is 99.9. The molecule has 0 spiro atoms. The Morgan fingerprint density at radius 3 is 1.95 bits per heavy atom. The molecule has 6 heterocycles. The molecule has 3 unspecified atom stereocenters. The van der Waals surface area contributed by atoms with Crippen molar-refractivity contribution >= 4 is 114 Å². The lowest BCUT2D eigenvalue weighted by molar-refractivity contribution is -0.132. The number of H-pyrrole nitrogens is 1. The van der Waals surface area contributed by atoms with E-state index in [9.17, 15) is 52.6 Å². The molecule has 3 aromatic heterocycles. The summed E-state index contributed by atoms with van der Waals surface area (Å²) in [6.45, 7) is 10.2. The van der Waals surface area contributed by atoms with Crippen molar-refractivity contribution < 1.29 is 118 Å². The van der Waals surface area contributed by atoms with Gasteiger partial charge in [-0.1, -0.05) is 86.4 Å². The Hall–Kier alpha value is -9.90. The maximum Gasteiger partial charge on any atom is 0.697 e. The van der Waals surface area contributed by atoms with Crippen molar-refractivity contribution in [2.45, 2.75) is 121 Å². The highest BCUT2D eigenvalue weighted by molar-refractivity contribution is 7.59. The summed E-state index contributed by atoms with van der Waals surface area (Å²) in [4.78, 5) is 129. The van der Waals surface area contributed by atoms with Crippen LogP contribution in [0.2, 0.25) is 0 Å². The molecule has 7 aromatic rings. The van der Waals surface area contributed by atoms with E-state index in [1.54, 1.807) is 67.3 Å². The number of aromatic amines is 1. The number of carbonyl (C=O) groups is 7. The normalized spacial score (nSPS) is 18.8. The number of aromatic nitrogens is 6. The lowest BCUT2D eigenvalue weighted by Crippen LogP contribution is -2.53. The van der Waals surface area contributed by atoms with E-state index in [1.807, 2.05) is 48.5 Å². The Morgan fingerprint density at radius 2 is 1.28 bits per heavy atom. The van der Waals surface area contributed by atoms with Crippen molar-refractivity contribution in [1.29, 1.82) is 0 Å². The first-order valence-electron chi connectivity index (χ1n) is 40.6. The number of hydrogen-bond donors (Lipinski definition) is 7. The molecular weight excluding hydrogens is 1720 g/mol. The summed E-state index contributed by atoms with van der Waals surface area (Å²) in [7, 11) is -4.27. The van der Waals surface area contributed by atoms with Gasteiger partial charge in [0, 0.05) is 95.5 Å². The van der Waals surface area contributed by atoms with E-state index >= 15 is 0 Å². The molecule has 4 aliphatic rings. The number of benzene rings is 4. The van der Waals surface area contributed by atoms with Crippen LogP contribution in [0.25, 0.3) is 11.2 Å². The molecule has 0 radical (unpaired) electrons. The Morgan fingerprint density at radius 1 is 0.659 bits per heavy atom. The van der Waals surface area contributed by atoms with Gasteiger partial charge in [0.25, 0.3) is 11.5 Å². The van der Waals surface area contributed by atoms with E-state index in [1.165, 1.54) is 48.4 Å². The third kappa shape index (κ3) is 31.0. The summed E-state index contributed by atoms with van der Waals surface area (Å²) in [5.41, 5.74) is 3.62. The van der Waals surface area contributed by atoms with Crippen LogP contribution in [0.5, 0.6) is 5.88 Å². The van der Waals surface area contributed by atoms with Gasteiger partial charge in [-0.2, -0.15) is 32.0 Å². The first-order valence-corrected chi connectivity index (χ1v) is 42.8. The number of para-hydroxylation sites is 1. The van der Waals surface area contributed by atoms with Gasteiger partial charge >= 0.3 is 22.6 Å². The lowest BCUT2D eigenvalue weighted by Gasteiger charge is -2.26. The number of carbonyl (C=O) groups excluding carboxylic acids is 7. The molecular formula is C83H107N13O26P2S2+2.